The molecule has 4 rings (SSSR count). The van der Waals surface area contributed by atoms with Crippen LogP contribution in [-0.4, -0.2) is 29.0 Å². The molecule has 1 fully saturated rings. The third-order valence-corrected chi connectivity index (χ3v) is 5.52. The van der Waals surface area contributed by atoms with Crippen LogP contribution in [0.15, 0.2) is 75.8 Å². The van der Waals surface area contributed by atoms with Crippen molar-refractivity contribution in [3.63, 3.8) is 0 Å². The molecule has 0 aromatic heterocycles. The zero-order chi connectivity index (χ0) is 21.1. The summed E-state index contributed by atoms with van der Waals surface area (Å²) in [5.41, 5.74) is 2.49. The Morgan fingerprint density at radius 2 is 1.93 bits per heavy atom. The summed E-state index contributed by atoms with van der Waals surface area (Å²) >= 11 is 1.21. The van der Waals surface area contributed by atoms with Crippen molar-refractivity contribution in [1.29, 1.82) is 0 Å². The number of methoxy groups -OCH3 is 1. The maximum atomic E-state index is 12.3. The minimum absolute atomic E-state index is 0.0451. The van der Waals surface area contributed by atoms with E-state index in [1.165, 1.54) is 24.9 Å². The summed E-state index contributed by atoms with van der Waals surface area (Å²) < 4.78 is 5.11. The van der Waals surface area contributed by atoms with Gasteiger partial charge in [0.05, 0.1) is 17.7 Å². The van der Waals surface area contributed by atoms with E-state index in [4.69, 9.17) is 4.74 Å². The molecular formula is C23H19N3O3S. The SMILES string of the molecule is COc1cc(/C=C2\S/C(=N/N=C(/C)c3cccc4ccccc34)NC2=O)ccc1O. The molecular weight excluding hydrogens is 398 g/mol. The minimum atomic E-state index is -0.246. The van der Waals surface area contributed by atoms with E-state index in [-0.39, 0.29) is 11.7 Å². The van der Waals surface area contributed by atoms with Crippen LogP contribution in [0.25, 0.3) is 16.8 Å². The Labute approximate surface area is 178 Å². The summed E-state index contributed by atoms with van der Waals surface area (Å²) in [5.74, 6) is 0.143. The highest BCUT2D eigenvalue weighted by molar-refractivity contribution is 8.18. The number of fused-ring (bicyclic) bond motifs is 1. The Morgan fingerprint density at radius 1 is 1.13 bits per heavy atom. The Morgan fingerprint density at radius 3 is 2.77 bits per heavy atom. The molecule has 150 valence electrons. The number of rotatable bonds is 4. The van der Waals surface area contributed by atoms with Gasteiger partial charge < -0.3 is 9.84 Å². The van der Waals surface area contributed by atoms with Crippen molar-refractivity contribution < 1.29 is 14.6 Å². The van der Waals surface area contributed by atoms with Gasteiger partial charge in [0, 0.05) is 5.56 Å². The Bertz CT molecular complexity index is 1230. The largest absolute Gasteiger partial charge is 0.504 e. The monoisotopic (exact) mass is 417 g/mol. The summed E-state index contributed by atoms with van der Waals surface area (Å²) in [6.07, 6.45) is 1.71. The first-order chi connectivity index (χ1) is 14.5. The molecule has 0 aliphatic carbocycles. The van der Waals surface area contributed by atoms with Crippen LogP contribution in [0.3, 0.4) is 0 Å². The van der Waals surface area contributed by atoms with Gasteiger partial charge in [0.25, 0.3) is 5.91 Å². The van der Waals surface area contributed by atoms with Crippen LogP contribution in [-0.2, 0) is 4.79 Å². The number of nitrogens with zero attached hydrogens (tertiary/aromatic N) is 2. The number of nitrogens with one attached hydrogen (secondary N) is 1. The molecule has 6 nitrogen and oxygen atoms in total. The highest BCUT2D eigenvalue weighted by atomic mass is 32.2. The lowest BCUT2D eigenvalue weighted by atomic mass is 10.0. The highest BCUT2D eigenvalue weighted by Gasteiger charge is 2.24. The van der Waals surface area contributed by atoms with Crippen LogP contribution < -0.4 is 10.1 Å². The fourth-order valence-corrected chi connectivity index (χ4v) is 3.90. The number of amidine groups is 1. The number of carbonyl (C=O) groups excluding carboxylic acids is 1. The molecule has 1 aliphatic rings. The van der Waals surface area contributed by atoms with Crippen molar-refractivity contribution >= 4 is 45.4 Å². The third-order valence-electron chi connectivity index (χ3n) is 4.62. The number of carbonyl (C=O) groups is 1. The van der Waals surface area contributed by atoms with Crippen molar-refractivity contribution in [2.45, 2.75) is 6.92 Å². The van der Waals surface area contributed by atoms with Crippen LogP contribution in [0.5, 0.6) is 11.5 Å². The number of phenols is 1. The van der Waals surface area contributed by atoms with Gasteiger partial charge in [0.2, 0.25) is 0 Å². The van der Waals surface area contributed by atoms with Gasteiger partial charge in [0.1, 0.15) is 0 Å². The first kappa shape index (κ1) is 19.7. The Kier molecular flexibility index (Phi) is 5.54. The van der Waals surface area contributed by atoms with Crippen molar-refractivity contribution in [3.8, 4) is 11.5 Å². The number of amides is 1. The zero-order valence-corrected chi connectivity index (χ0v) is 17.2. The fraction of sp³-hybridized carbons (Fsp3) is 0.0870. The van der Waals surface area contributed by atoms with Crippen molar-refractivity contribution in [1.82, 2.24) is 5.32 Å². The molecule has 0 unspecified atom stereocenters. The Hall–Kier alpha value is -3.58. The van der Waals surface area contributed by atoms with Gasteiger partial charge in [-0.05, 0) is 53.2 Å². The molecule has 1 heterocycles. The zero-order valence-electron chi connectivity index (χ0n) is 16.4. The smallest absolute Gasteiger partial charge is 0.264 e. The van der Waals surface area contributed by atoms with Crippen molar-refractivity contribution in [2.24, 2.45) is 10.2 Å². The average Bonchev–Trinajstić information content (AvgIpc) is 3.12. The molecule has 30 heavy (non-hydrogen) atoms. The molecule has 0 bridgehead atoms. The second-order valence-electron chi connectivity index (χ2n) is 6.61. The number of benzene rings is 3. The van der Waals surface area contributed by atoms with Gasteiger partial charge in [0.15, 0.2) is 16.7 Å². The molecule has 1 amide bonds. The number of aromatic hydroxyl groups is 1. The number of hydrogen-bond acceptors (Lipinski definition) is 6. The van der Waals surface area contributed by atoms with E-state index in [9.17, 15) is 9.90 Å². The number of hydrogen-bond donors (Lipinski definition) is 2. The normalized spacial score (nSPS) is 17.0. The van der Waals surface area contributed by atoms with Crippen LogP contribution in [0.1, 0.15) is 18.1 Å². The lowest BCUT2D eigenvalue weighted by Crippen LogP contribution is -2.19. The van der Waals surface area contributed by atoms with Crippen LogP contribution >= 0.6 is 11.8 Å². The number of ether oxygens (including phenoxy) is 1. The van der Waals surface area contributed by atoms with E-state index in [0.29, 0.717) is 15.8 Å². The molecule has 3 aromatic rings. The molecule has 7 heteroatoms. The molecule has 1 aliphatic heterocycles. The molecule has 0 spiro atoms. The van der Waals surface area contributed by atoms with Crippen molar-refractivity contribution in [3.05, 3.63) is 76.7 Å². The van der Waals surface area contributed by atoms with Gasteiger partial charge in [-0.25, -0.2) is 0 Å². The fourth-order valence-electron chi connectivity index (χ4n) is 3.13. The average molecular weight is 417 g/mol. The van der Waals surface area contributed by atoms with E-state index in [2.05, 4.69) is 33.7 Å². The summed E-state index contributed by atoms with van der Waals surface area (Å²) in [7, 11) is 1.48. The van der Waals surface area contributed by atoms with Crippen molar-refractivity contribution in [2.75, 3.05) is 7.11 Å². The standard InChI is InChI=1S/C23H19N3O3S/c1-14(17-9-5-7-16-6-3-4-8-18(16)17)25-26-23-24-22(28)21(30-23)13-15-10-11-19(27)20(12-15)29-2/h3-13,27H,1-2H3,(H,24,26,28)/b21-13-,25-14-. The number of thioether (sulfide) groups is 1. The van der Waals surface area contributed by atoms with Gasteiger partial charge in [-0.3, -0.25) is 10.1 Å². The topological polar surface area (TPSA) is 83.3 Å². The van der Waals surface area contributed by atoms with Gasteiger partial charge in [-0.15, -0.1) is 5.10 Å². The number of phenolic OH excluding ortho intramolecular Hbond substituents is 1. The summed E-state index contributed by atoms with van der Waals surface area (Å²) in [4.78, 5) is 12.8. The molecule has 0 saturated carbocycles. The molecule has 0 atom stereocenters. The van der Waals surface area contributed by atoms with E-state index in [1.54, 1.807) is 18.2 Å². The molecule has 0 radical (unpaired) electrons. The predicted octanol–water partition coefficient (Wildman–Crippen LogP) is 4.54. The summed E-state index contributed by atoms with van der Waals surface area (Å²) in [5, 5.41) is 23.6. The van der Waals surface area contributed by atoms with E-state index in [1.807, 2.05) is 31.2 Å². The Balaban J connectivity index is 1.58. The van der Waals surface area contributed by atoms with E-state index in [0.717, 1.165) is 27.6 Å². The van der Waals surface area contributed by atoms with Crippen LogP contribution in [0.4, 0.5) is 0 Å². The quantitative estimate of drug-likeness (QED) is 0.371. The maximum absolute atomic E-state index is 12.3. The molecule has 3 aromatic carbocycles. The summed E-state index contributed by atoms with van der Waals surface area (Å²) in [6.45, 7) is 1.90. The maximum Gasteiger partial charge on any atom is 0.264 e. The van der Waals surface area contributed by atoms with Crippen LogP contribution in [0.2, 0.25) is 0 Å². The lowest BCUT2D eigenvalue weighted by molar-refractivity contribution is -0.115. The second-order valence-corrected chi connectivity index (χ2v) is 7.64. The van der Waals surface area contributed by atoms with Gasteiger partial charge in [-0.1, -0.05) is 48.5 Å². The minimum Gasteiger partial charge on any atom is -0.504 e. The molecule has 2 N–H and O–H groups in total. The first-order valence-corrected chi connectivity index (χ1v) is 10.0. The lowest BCUT2D eigenvalue weighted by Gasteiger charge is -2.04. The second kappa shape index (κ2) is 8.42. The van der Waals surface area contributed by atoms with E-state index < -0.39 is 0 Å². The van der Waals surface area contributed by atoms with Gasteiger partial charge in [-0.2, -0.15) is 5.10 Å². The third kappa shape index (κ3) is 4.06. The molecule has 1 saturated heterocycles. The predicted molar refractivity (Wildman–Crippen MR) is 122 cm³/mol. The van der Waals surface area contributed by atoms with Crippen LogP contribution in [0, 0.1) is 0 Å². The van der Waals surface area contributed by atoms with Gasteiger partial charge >= 0.3 is 0 Å². The highest BCUT2D eigenvalue weighted by Crippen LogP contribution is 2.30. The van der Waals surface area contributed by atoms with E-state index >= 15 is 0 Å². The summed E-state index contributed by atoms with van der Waals surface area (Å²) in [6, 6.07) is 19.0. The first-order valence-electron chi connectivity index (χ1n) is 9.23.